The molecule has 0 bridgehead atoms. The van der Waals surface area contributed by atoms with E-state index in [4.69, 9.17) is 0 Å². The molecule has 5 rings (SSSR count). The lowest BCUT2D eigenvalue weighted by Gasteiger charge is -2.59. The van der Waals surface area contributed by atoms with Crippen molar-refractivity contribution in [1.29, 1.82) is 0 Å². The zero-order valence-corrected chi connectivity index (χ0v) is 19.4. The number of carbonyl (C=O) groups excluding carboxylic acids is 2. The summed E-state index contributed by atoms with van der Waals surface area (Å²) in [7, 11) is 1.98. The second kappa shape index (κ2) is 7.21. The van der Waals surface area contributed by atoms with Gasteiger partial charge in [-0.2, -0.15) is 0 Å². The summed E-state index contributed by atoms with van der Waals surface area (Å²) in [4.78, 5) is 27.7. The molecule has 4 nitrogen and oxygen atoms in total. The van der Waals surface area contributed by atoms with Crippen LogP contribution in [0.1, 0.15) is 65.7 Å². The Kier molecular flexibility index (Phi) is 4.84. The SMILES string of the molecule is CC1=C2N(C)C(=O)CC[C@]2(C)C2CC[C@]3(C)[C@@H](C(=O)Nc4ccccc4)CC[C@H]3C2C1. The van der Waals surface area contributed by atoms with E-state index in [1.54, 1.807) is 0 Å². The summed E-state index contributed by atoms with van der Waals surface area (Å²) in [5.74, 6) is 2.40. The first-order valence-electron chi connectivity index (χ1n) is 12.1. The van der Waals surface area contributed by atoms with Gasteiger partial charge in [-0.05, 0) is 80.8 Å². The molecule has 1 aliphatic heterocycles. The normalized spacial score (nSPS) is 39.6. The molecule has 4 aliphatic rings. The van der Waals surface area contributed by atoms with Gasteiger partial charge in [0, 0.05) is 36.2 Å². The fraction of sp³-hybridized carbons (Fsp3) is 0.630. The highest BCUT2D eigenvalue weighted by Gasteiger charge is 2.61. The van der Waals surface area contributed by atoms with E-state index in [-0.39, 0.29) is 28.6 Å². The number of carbonyl (C=O) groups is 2. The minimum atomic E-state index is 0.0740. The summed E-state index contributed by atoms with van der Waals surface area (Å²) in [6.07, 6.45) is 7.15. The lowest BCUT2D eigenvalue weighted by Crippen LogP contribution is -2.54. The molecule has 1 aromatic rings. The summed E-state index contributed by atoms with van der Waals surface area (Å²) in [6, 6.07) is 9.88. The Morgan fingerprint density at radius 1 is 1.06 bits per heavy atom. The number of amides is 2. The summed E-state index contributed by atoms with van der Waals surface area (Å²) in [6.45, 7) is 7.06. The number of anilines is 1. The number of piperidine rings is 1. The van der Waals surface area contributed by atoms with Gasteiger partial charge in [0.25, 0.3) is 0 Å². The molecular formula is C27H36N2O2. The molecule has 3 fully saturated rings. The van der Waals surface area contributed by atoms with Crippen molar-refractivity contribution in [3.05, 3.63) is 41.6 Å². The standard InChI is InChI=1S/C27H36N2O2/c1-17-16-19-20-10-11-22(25(31)28-18-8-6-5-7-9-18)26(20,2)14-12-21(19)27(3)15-13-23(30)29(4)24(17)27/h5-9,19-22H,10-16H2,1-4H3,(H,28,31)/t19?,20-,21?,22+,26-,27+/m0/s1. The number of fused-ring (bicyclic) bond motifs is 5. The second-order valence-corrected chi connectivity index (χ2v) is 11.1. The first-order valence-corrected chi connectivity index (χ1v) is 12.1. The van der Waals surface area contributed by atoms with Crippen LogP contribution in [0.5, 0.6) is 0 Å². The predicted molar refractivity (Wildman–Crippen MR) is 123 cm³/mol. The van der Waals surface area contributed by atoms with E-state index in [1.165, 1.54) is 17.7 Å². The number of hydrogen-bond donors (Lipinski definition) is 1. The Balaban J connectivity index is 1.43. The number of rotatable bonds is 2. The molecule has 4 heteroatoms. The maximum absolute atomic E-state index is 13.3. The number of nitrogens with zero attached hydrogens (tertiary/aromatic N) is 1. The van der Waals surface area contributed by atoms with Crippen LogP contribution in [0, 0.1) is 34.5 Å². The highest BCUT2D eigenvalue weighted by molar-refractivity contribution is 5.93. The van der Waals surface area contributed by atoms with E-state index >= 15 is 0 Å². The Morgan fingerprint density at radius 2 is 1.81 bits per heavy atom. The van der Waals surface area contributed by atoms with Crippen molar-refractivity contribution in [3.63, 3.8) is 0 Å². The van der Waals surface area contributed by atoms with E-state index in [1.807, 2.05) is 42.3 Å². The smallest absolute Gasteiger partial charge is 0.228 e. The zero-order chi connectivity index (χ0) is 22.0. The third-order valence-corrected chi connectivity index (χ3v) is 9.67. The molecule has 1 aromatic carbocycles. The molecule has 3 aliphatic carbocycles. The minimum Gasteiger partial charge on any atom is -0.326 e. The second-order valence-electron chi connectivity index (χ2n) is 11.1. The number of benzene rings is 1. The fourth-order valence-electron chi connectivity index (χ4n) is 8.29. The van der Waals surface area contributed by atoms with Crippen LogP contribution in [-0.2, 0) is 9.59 Å². The number of para-hydroxylation sites is 1. The van der Waals surface area contributed by atoms with Crippen LogP contribution in [0.2, 0.25) is 0 Å². The van der Waals surface area contributed by atoms with Gasteiger partial charge in [0.1, 0.15) is 0 Å². The Labute approximate surface area is 186 Å². The molecule has 31 heavy (non-hydrogen) atoms. The van der Waals surface area contributed by atoms with Gasteiger partial charge in [-0.25, -0.2) is 0 Å². The highest BCUT2D eigenvalue weighted by Crippen LogP contribution is 2.66. The Bertz CT molecular complexity index is 938. The Morgan fingerprint density at radius 3 is 2.55 bits per heavy atom. The largest absolute Gasteiger partial charge is 0.326 e. The molecule has 0 spiro atoms. The van der Waals surface area contributed by atoms with Crippen molar-refractivity contribution in [2.24, 2.45) is 34.5 Å². The minimum absolute atomic E-state index is 0.0740. The zero-order valence-electron chi connectivity index (χ0n) is 19.4. The van der Waals surface area contributed by atoms with Crippen molar-refractivity contribution in [3.8, 4) is 0 Å². The molecule has 2 amide bonds. The molecule has 0 aromatic heterocycles. The van der Waals surface area contributed by atoms with Crippen molar-refractivity contribution in [2.45, 2.75) is 65.7 Å². The van der Waals surface area contributed by atoms with Crippen molar-refractivity contribution in [2.75, 3.05) is 12.4 Å². The lowest BCUT2D eigenvalue weighted by atomic mass is 9.48. The number of hydrogen-bond acceptors (Lipinski definition) is 2. The van der Waals surface area contributed by atoms with Crippen LogP contribution in [0.25, 0.3) is 0 Å². The number of nitrogens with one attached hydrogen (secondary N) is 1. The maximum Gasteiger partial charge on any atom is 0.228 e. The van der Waals surface area contributed by atoms with Crippen LogP contribution < -0.4 is 5.32 Å². The average molecular weight is 421 g/mol. The van der Waals surface area contributed by atoms with Gasteiger partial charge in [0.2, 0.25) is 11.8 Å². The number of allylic oxidation sites excluding steroid dienone is 2. The number of likely N-dealkylation sites (tertiary alicyclic amines) is 1. The fourth-order valence-corrected chi connectivity index (χ4v) is 8.29. The first-order chi connectivity index (χ1) is 14.8. The van der Waals surface area contributed by atoms with E-state index in [0.29, 0.717) is 24.2 Å². The van der Waals surface area contributed by atoms with Crippen LogP contribution in [0.4, 0.5) is 5.69 Å². The first kappa shape index (κ1) is 20.8. The molecule has 1 saturated heterocycles. The van der Waals surface area contributed by atoms with Gasteiger partial charge in [0.15, 0.2) is 0 Å². The topological polar surface area (TPSA) is 49.4 Å². The van der Waals surface area contributed by atoms with Gasteiger partial charge < -0.3 is 10.2 Å². The molecule has 2 saturated carbocycles. The van der Waals surface area contributed by atoms with Gasteiger partial charge >= 0.3 is 0 Å². The van der Waals surface area contributed by atoms with Crippen LogP contribution >= 0.6 is 0 Å². The Hall–Kier alpha value is -2.10. The molecule has 6 atom stereocenters. The van der Waals surface area contributed by atoms with Crippen LogP contribution in [0.3, 0.4) is 0 Å². The molecule has 0 radical (unpaired) electrons. The monoisotopic (exact) mass is 420 g/mol. The van der Waals surface area contributed by atoms with Gasteiger partial charge in [0.05, 0.1) is 0 Å². The molecule has 166 valence electrons. The van der Waals surface area contributed by atoms with E-state index in [9.17, 15) is 9.59 Å². The maximum atomic E-state index is 13.3. The molecular weight excluding hydrogens is 384 g/mol. The van der Waals surface area contributed by atoms with Gasteiger partial charge in [-0.1, -0.05) is 37.6 Å². The lowest BCUT2D eigenvalue weighted by molar-refractivity contribution is -0.137. The van der Waals surface area contributed by atoms with Crippen molar-refractivity contribution < 1.29 is 9.59 Å². The van der Waals surface area contributed by atoms with Crippen LogP contribution in [0.15, 0.2) is 41.6 Å². The molecule has 1 heterocycles. The summed E-state index contributed by atoms with van der Waals surface area (Å²) >= 11 is 0. The van der Waals surface area contributed by atoms with Crippen molar-refractivity contribution >= 4 is 17.5 Å². The summed E-state index contributed by atoms with van der Waals surface area (Å²) in [5, 5.41) is 3.19. The quantitative estimate of drug-likeness (QED) is 0.675. The van der Waals surface area contributed by atoms with Crippen LogP contribution in [-0.4, -0.2) is 23.8 Å². The van der Waals surface area contributed by atoms with E-state index in [2.05, 4.69) is 26.1 Å². The van der Waals surface area contributed by atoms with Gasteiger partial charge in [-0.3, -0.25) is 9.59 Å². The summed E-state index contributed by atoms with van der Waals surface area (Å²) in [5.41, 5.74) is 3.79. The summed E-state index contributed by atoms with van der Waals surface area (Å²) < 4.78 is 0. The van der Waals surface area contributed by atoms with E-state index in [0.717, 1.165) is 37.8 Å². The van der Waals surface area contributed by atoms with Gasteiger partial charge in [-0.15, -0.1) is 0 Å². The molecule has 2 unspecified atom stereocenters. The van der Waals surface area contributed by atoms with Crippen molar-refractivity contribution in [1.82, 2.24) is 4.90 Å². The van der Waals surface area contributed by atoms with E-state index < -0.39 is 0 Å². The average Bonchev–Trinajstić information content (AvgIpc) is 3.09. The third-order valence-electron chi connectivity index (χ3n) is 9.67. The predicted octanol–water partition coefficient (Wildman–Crippen LogP) is 5.62. The highest BCUT2D eigenvalue weighted by atomic mass is 16.2. The third kappa shape index (κ3) is 3.01. The molecule has 1 N–H and O–H groups in total.